The number of hydrogen-bond acceptors (Lipinski definition) is 33. The highest BCUT2D eigenvalue weighted by atomic mass is 35.5. The molecule has 760 valence electrons. The van der Waals surface area contributed by atoms with Crippen LogP contribution in [0.15, 0.2) is 97.1 Å². The Kier molecular flexibility index (Phi) is 38.5. The van der Waals surface area contributed by atoms with Crippen molar-refractivity contribution in [1.29, 1.82) is 0 Å². The van der Waals surface area contributed by atoms with E-state index < -0.39 is 296 Å². The number of aliphatic hydroxyl groups excluding tert-OH is 7. The molecule has 11 bridgehead atoms. The Morgan fingerprint density at radius 3 is 1.95 bits per heavy atom. The van der Waals surface area contributed by atoms with E-state index in [1.54, 1.807) is 27.7 Å². The second-order valence-corrected chi connectivity index (χ2v) is 36.3. The van der Waals surface area contributed by atoms with E-state index in [0.717, 1.165) is 116 Å². The van der Waals surface area contributed by atoms with Crippen LogP contribution in [0, 0.1) is 5.92 Å². The molecule has 43 nitrogen and oxygen atoms in total. The minimum absolute atomic E-state index is 0.0641. The first-order valence-corrected chi connectivity index (χ1v) is 46.7. The fraction of sp³-hybridized carbons (Fsp3) is 0.495. The number of phenols is 3. The number of carbonyl (C=O) groups excluding carboxylic acids is 11. The number of likely N-dealkylation sites (N-methyl/N-ethyl adjacent to an activating group) is 1. The summed E-state index contributed by atoms with van der Waals surface area (Å²) in [5.41, 5.74) is 1.44. The van der Waals surface area contributed by atoms with Gasteiger partial charge in [-0.15, -0.1) is 0 Å². The van der Waals surface area contributed by atoms with Crippen molar-refractivity contribution in [2.24, 2.45) is 11.7 Å². The molecule has 0 radical (unpaired) electrons. The molecule has 6 aromatic carbocycles. The number of aldehydes is 2. The van der Waals surface area contributed by atoms with Gasteiger partial charge in [0.2, 0.25) is 53.4 Å². The van der Waals surface area contributed by atoms with Gasteiger partial charge in [0.1, 0.15) is 121 Å². The first-order chi connectivity index (χ1) is 66.7. The Bertz CT molecular complexity index is 5430. The summed E-state index contributed by atoms with van der Waals surface area (Å²) >= 11 is 14.5. The molecule has 23 N–H and O–H groups in total. The fourth-order valence-electron chi connectivity index (χ4n) is 16.9. The average Bonchev–Trinajstić information content (AvgIpc) is 0.771. The second-order valence-electron chi connectivity index (χ2n) is 35.5. The number of carbonyl (C=O) groups is 12. The number of halogens is 2. The number of nitrogens with zero attached hydrogens (tertiary/aromatic N) is 1. The normalized spacial score (nSPS) is 24.6. The number of amides is 9. The van der Waals surface area contributed by atoms with Crippen molar-refractivity contribution in [2.45, 2.75) is 247 Å². The Balaban J connectivity index is 1.04. The summed E-state index contributed by atoms with van der Waals surface area (Å²) in [6, 6.07) is 2.51. The molecule has 16 unspecified atom stereocenters. The molecule has 7 aliphatic rings. The van der Waals surface area contributed by atoms with Gasteiger partial charge in [0.15, 0.2) is 29.9 Å². The van der Waals surface area contributed by atoms with Gasteiger partial charge in [-0.05, 0) is 147 Å². The quantitative estimate of drug-likeness (QED) is 0.0185. The Hall–Kier alpha value is -12.2. The van der Waals surface area contributed by atoms with Gasteiger partial charge in [0.05, 0.1) is 54.0 Å². The highest BCUT2D eigenvalue weighted by molar-refractivity contribution is 6.32. The van der Waals surface area contributed by atoms with Crippen LogP contribution in [-0.4, -0.2) is 265 Å². The smallest absolute Gasteiger partial charge is 0.411 e. The van der Waals surface area contributed by atoms with Gasteiger partial charge in [-0.25, -0.2) is 14.4 Å². The number of anilines is 1. The molecule has 7 heterocycles. The summed E-state index contributed by atoms with van der Waals surface area (Å²) in [4.78, 5) is 171. The monoisotopic (exact) mass is 1990 g/mol. The molecule has 2 saturated heterocycles. The number of nitrogens with one attached hydrogen (secondary N) is 10. The maximum atomic E-state index is 16.5. The van der Waals surface area contributed by atoms with Crippen molar-refractivity contribution < 1.29 is 152 Å². The summed E-state index contributed by atoms with van der Waals surface area (Å²) < 4.78 is 50.4. The summed E-state index contributed by atoms with van der Waals surface area (Å²) in [5, 5.41) is 154. The van der Waals surface area contributed by atoms with E-state index in [0.29, 0.717) is 31.2 Å². The number of rotatable bonds is 38. The van der Waals surface area contributed by atoms with E-state index in [-0.39, 0.29) is 55.6 Å². The predicted octanol–water partition coefficient (Wildman–Crippen LogP) is 4.69. The van der Waals surface area contributed by atoms with E-state index in [4.69, 9.17) is 66.8 Å². The number of hydrogen-bond donors (Lipinski definition) is 22. The molecule has 19 atom stereocenters. The minimum Gasteiger partial charge on any atom is -0.507 e. The molecule has 0 spiro atoms. The van der Waals surface area contributed by atoms with Crippen LogP contribution in [0.4, 0.5) is 15.3 Å². The van der Waals surface area contributed by atoms with Crippen LogP contribution >= 0.6 is 23.2 Å². The third-order valence-electron chi connectivity index (χ3n) is 24.6. The highest BCUT2D eigenvalue weighted by Gasteiger charge is 2.53. The fourth-order valence-corrected chi connectivity index (χ4v) is 17.3. The van der Waals surface area contributed by atoms with Crippen LogP contribution in [0.1, 0.15) is 187 Å². The number of aromatic hydroxyl groups is 3. The van der Waals surface area contributed by atoms with Gasteiger partial charge in [0.25, 0.3) is 0 Å². The molecular weight excluding hydrogens is 1880 g/mol. The van der Waals surface area contributed by atoms with Crippen molar-refractivity contribution in [3.63, 3.8) is 0 Å². The Labute approximate surface area is 814 Å². The molecule has 7 aliphatic heterocycles. The number of aliphatic hydroxyl groups is 7. The summed E-state index contributed by atoms with van der Waals surface area (Å²) in [6.07, 6.45) is -12.7. The van der Waals surface area contributed by atoms with Crippen LogP contribution in [0.25, 0.3) is 11.1 Å². The number of ether oxygens (including phenoxy) is 8. The molecule has 140 heavy (non-hydrogen) atoms. The molecular formula is C95H120Cl2N12O31. The molecule has 9 amide bonds. The Morgan fingerprint density at radius 1 is 0.686 bits per heavy atom. The summed E-state index contributed by atoms with van der Waals surface area (Å²) in [5.74, 6) is -17.9. The van der Waals surface area contributed by atoms with Crippen molar-refractivity contribution >= 4 is 101 Å². The van der Waals surface area contributed by atoms with Gasteiger partial charge in [-0.2, -0.15) is 0 Å². The van der Waals surface area contributed by atoms with Gasteiger partial charge >= 0.3 is 18.2 Å². The number of unbranched alkanes of at least 4 members (excludes halogenated alkanes) is 7. The summed E-state index contributed by atoms with van der Waals surface area (Å²) in [6.45, 7) is 7.97. The number of carboxylic acid groups (broad SMARTS) is 1. The number of benzene rings is 6. The van der Waals surface area contributed by atoms with Gasteiger partial charge in [0, 0.05) is 61.0 Å². The van der Waals surface area contributed by atoms with E-state index in [1.165, 1.54) is 50.6 Å². The zero-order valence-corrected chi connectivity index (χ0v) is 79.1. The van der Waals surface area contributed by atoms with Crippen LogP contribution < -0.4 is 73.1 Å². The number of aliphatic carboxylic acids is 1. The Morgan fingerprint density at radius 2 is 1.32 bits per heavy atom. The zero-order chi connectivity index (χ0) is 102. The lowest BCUT2D eigenvalue weighted by Gasteiger charge is -2.48. The van der Waals surface area contributed by atoms with Crippen LogP contribution in [0.2, 0.25) is 10.0 Å². The molecule has 0 aromatic heterocycles. The minimum atomic E-state index is -2.48. The number of primary amides is 1. The molecule has 2 fully saturated rings. The predicted molar refractivity (Wildman–Crippen MR) is 498 cm³/mol. The first kappa shape index (κ1) is 108. The van der Waals surface area contributed by atoms with E-state index in [1.807, 2.05) is 0 Å². The van der Waals surface area contributed by atoms with Crippen LogP contribution in [0.5, 0.6) is 46.0 Å². The molecule has 0 saturated carbocycles. The lowest BCUT2D eigenvalue weighted by molar-refractivity contribution is -0.334. The van der Waals surface area contributed by atoms with Crippen molar-refractivity contribution in [1.82, 2.24) is 52.8 Å². The SMILES string of the molecule is CCCCCCCCCCNCCNC1(C)CC(OC2C(Oc3c4cc5cc3Oc3ccc(cc3Cl)[C@H](O)C(NC(=O)C(CC(C)C)N(C)C(=O)OCc3ccc(NC(=O)OCCCC(O)C=O)cc3)C(=O)NC(CC(N)=O)C(=O)NC5C(=O)NC3C(=O)NC(C(=O)N[C@@H](C(=O)O)c5cc(O)c(CNCC=O)c(O)c5-c5cc3ccc5O)[C@H](O)c3ccc(c(Cl)c3)O4)OC(CO)C(O)C2O)OC(C)C1O. The zero-order valence-electron chi connectivity index (χ0n) is 77.6. The molecule has 6 aromatic rings. The standard InChI is InChI=1S/C95H120Cl2N12O31/c1-7-8-9-10-11-12-13-14-27-99-28-29-101-95(5)41-70(135-47(4)84(95)122)139-83-81(121)80(120)68(44-112)138-92(83)140-82-66-37-52-38-67(82)137-65-26-21-51(36-59(65)97)78(118)76-90(128)106-74(91(129)130)56-39-63(115)57(42-100-30-31-110)79(119)71(56)55-34-49(19-24-62(55)114)72(87(125)108-76)105-88(126)73(52)104-85(123)60(40-69(98)116)103-89(127)75(77(117)50-20-25-64(136-66)58(96)35-50)107-86(124)61(33-46(2)3)109(6)94(132)134-45-48-17-22-53(23-18-48)102-93(131)133-32-15-16-54(113)43-111/h17-26,31,34-39,43,46-47,54,60-61,68,70,72-78,80-81,83-84,92,99-101,112-115,117-122H,7-16,27-30,32-33,40-42,44-45H2,1-6H3,(H2,98,116)(H,102,131)(H,103,127)(H,104,123)(H,105,126)(H,106,128)(H,107,124)(H,108,125)(H,129,130)/t47?,54?,60?,61?,68?,70?,72?,73?,74-,75?,76?,77+,78-,80?,81?,83?,84?,92?,95?/m1/s1. The van der Waals surface area contributed by atoms with E-state index in [2.05, 4.69) is 60.1 Å². The van der Waals surface area contributed by atoms with Crippen LogP contribution in [-0.2, 0) is 84.8 Å². The van der Waals surface area contributed by atoms with Crippen molar-refractivity contribution in [3.05, 3.63) is 146 Å². The van der Waals surface area contributed by atoms with E-state index >= 15 is 28.8 Å². The largest absolute Gasteiger partial charge is 0.507 e. The van der Waals surface area contributed by atoms with E-state index in [9.17, 15) is 84.9 Å². The summed E-state index contributed by atoms with van der Waals surface area (Å²) in [7, 11) is 1.20. The van der Waals surface area contributed by atoms with Gasteiger partial charge < -0.3 is 157 Å². The number of fused-ring (bicyclic) bond motifs is 15. The topological polar surface area (TPSA) is 651 Å². The average molecular weight is 2000 g/mol. The molecule has 45 heteroatoms. The van der Waals surface area contributed by atoms with Crippen molar-refractivity contribution in [2.75, 3.05) is 51.8 Å². The van der Waals surface area contributed by atoms with Crippen molar-refractivity contribution in [3.8, 4) is 57.1 Å². The third-order valence-corrected chi connectivity index (χ3v) is 25.1. The molecule has 0 aliphatic carbocycles. The highest BCUT2D eigenvalue weighted by Crippen LogP contribution is 2.51. The number of nitrogens with two attached hydrogens (primary N) is 1. The second kappa shape index (κ2) is 49.8. The van der Waals surface area contributed by atoms with Crippen LogP contribution in [0.3, 0.4) is 0 Å². The molecule has 13 rings (SSSR count). The first-order valence-electron chi connectivity index (χ1n) is 45.9. The van der Waals surface area contributed by atoms with Gasteiger partial charge in [-0.3, -0.25) is 43.8 Å². The maximum absolute atomic E-state index is 16.5. The van der Waals surface area contributed by atoms with Gasteiger partial charge in [-0.1, -0.05) is 119 Å². The number of carboxylic acids is 1. The third kappa shape index (κ3) is 27.3. The lowest BCUT2D eigenvalue weighted by Crippen LogP contribution is -2.65. The lowest BCUT2D eigenvalue weighted by atomic mass is 9.85. The maximum Gasteiger partial charge on any atom is 0.411 e. The number of phenolic OH excluding ortho intramolecular Hbond substituents is 3.